The molecule has 2 amide bonds. The van der Waals surface area contributed by atoms with E-state index in [0.717, 1.165) is 0 Å². The van der Waals surface area contributed by atoms with Gasteiger partial charge in [0.05, 0.1) is 25.5 Å². The highest BCUT2D eigenvalue weighted by atomic mass is 35.5. The minimum absolute atomic E-state index is 0.304. The number of hydrogen-bond donors (Lipinski definition) is 2. The molecule has 0 radical (unpaired) electrons. The molecule has 0 aliphatic heterocycles. The van der Waals surface area contributed by atoms with Gasteiger partial charge in [-0.25, -0.2) is 5.43 Å². The van der Waals surface area contributed by atoms with Crippen LogP contribution in [0, 0.1) is 0 Å². The van der Waals surface area contributed by atoms with E-state index in [1.807, 2.05) is 0 Å². The number of rotatable bonds is 8. The second-order valence-corrected chi connectivity index (χ2v) is 5.92. The summed E-state index contributed by atoms with van der Waals surface area (Å²) < 4.78 is 15.7. The first-order valence-corrected chi connectivity index (χ1v) is 8.76. The lowest BCUT2D eigenvalue weighted by Crippen LogP contribution is -2.32. The zero-order chi connectivity index (χ0) is 21.2. The Bertz CT molecular complexity index is 930. The van der Waals surface area contributed by atoms with Gasteiger partial charge in [-0.15, -0.1) is 0 Å². The fourth-order valence-electron chi connectivity index (χ4n) is 2.18. The van der Waals surface area contributed by atoms with Gasteiger partial charge in [0.1, 0.15) is 12.4 Å². The summed E-state index contributed by atoms with van der Waals surface area (Å²) >= 11 is 5.98. The van der Waals surface area contributed by atoms with Crippen LogP contribution in [0.1, 0.15) is 5.56 Å². The number of hydrogen-bond acceptors (Lipinski definition) is 6. The van der Waals surface area contributed by atoms with Gasteiger partial charge in [-0.3, -0.25) is 9.59 Å². The van der Waals surface area contributed by atoms with E-state index < -0.39 is 11.8 Å². The van der Waals surface area contributed by atoms with Crippen LogP contribution in [0.2, 0.25) is 5.02 Å². The molecular weight excluding hydrogens is 398 g/mol. The molecule has 2 rings (SSSR count). The lowest BCUT2D eigenvalue weighted by atomic mass is 10.2. The summed E-state index contributed by atoms with van der Waals surface area (Å²) in [5.41, 5.74) is 3.13. The molecule has 0 spiro atoms. The Balaban J connectivity index is 1.95. The quantitative estimate of drug-likeness (QED) is 0.298. The van der Waals surface area contributed by atoms with Crippen molar-refractivity contribution >= 4 is 35.3 Å². The number of carbonyl (C=O) groups excluding carboxylic acids is 2. The highest BCUT2D eigenvalue weighted by molar-refractivity contribution is 6.40. The summed E-state index contributed by atoms with van der Waals surface area (Å²) in [5.74, 6) is -0.336. The Hall–Kier alpha value is -3.52. The molecule has 2 N–H and O–H groups in total. The molecule has 0 saturated carbocycles. The van der Waals surface area contributed by atoms with Crippen molar-refractivity contribution in [2.75, 3.05) is 26.1 Å². The van der Waals surface area contributed by atoms with Crippen LogP contribution >= 0.6 is 11.6 Å². The SMILES string of the molecule is C=CCOc1ccc(/C=N\NC(=O)C(=O)Nc2ccc(OC)c(Cl)c2)cc1OC. The molecule has 29 heavy (non-hydrogen) atoms. The van der Waals surface area contributed by atoms with E-state index >= 15 is 0 Å². The molecule has 0 bridgehead atoms. The molecule has 9 heteroatoms. The summed E-state index contributed by atoms with van der Waals surface area (Å²) in [6.07, 6.45) is 2.99. The lowest BCUT2D eigenvalue weighted by Gasteiger charge is -2.09. The molecule has 152 valence electrons. The van der Waals surface area contributed by atoms with Gasteiger partial charge in [0, 0.05) is 5.69 Å². The van der Waals surface area contributed by atoms with E-state index in [4.69, 9.17) is 25.8 Å². The zero-order valence-electron chi connectivity index (χ0n) is 15.9. The average Bonchev–Trinajstić information content (AvgIpc) is 2.72. The number of carbonyl (C=O) groups is 2. The number of nitrogens with zero attached hydrogens (tertiary/aromatic N) is 1. The highest BCUT2D eigenvalue weighted by Gasteiger charge is 2.14. The lowest BCUT2D eigenvalue weighted by molar-refractivity contribution is -0.136. The molecule has 0 aliphatic rings. The van der Waals surface area contributed by atoms with E-state index in [0.29, 0.717) is 40.1 Å². The van der Waals surface area contributed by atoms with Crippen molar-refractivity contribution in [2.45, 2.75) is 0 Å². The summed E-state index contributed by atoms with van der Waals surface area (Å²) in [4.78, 5) is 23.8. The number of benzene rings is 2. The number of methoxy groups -OCH3 is 2. The monoisotopic (exact) mass is 417 g/mol. The van der Waals surface area contributed by atoms with Crippen molar-refractivity contribution < 1.29 is 23.8 Å². The van der Waals surface area contributed by atoms with Gasteiger partial charge in [-0.2, -0.15) is 5.10 Å². The summed E-state index contributed by atoms with van der Waals surface area (Å²) in [5, 5.41) is 6.49. The van der Waals surface area contributed by atoms with Crippen LogP contribution in [-0.2, 0) is 9.59 Å². The Kier molecular flexibility index (Phi) is 8.05. The fourth-order valence-corrected chi connectivity index (χ4v) is 2.44. The van der Waals surface area contributed by atoms with Gasteiger partial charge in [0.15, 0.2) is 11.5 Å². The van der Waals surface area contributed by atoms with Crippen LogP contribution < -0.4 is 25.0 Å². The second kappa shape index (κ2) is 10.7. The summed E-state index contributed by atoms with van der Waals surface area (Å²) in [6, 6.07) is 9.69. The van der Waals surface area contributed by atoms with Crippen molar-refractivity contribution in [3.63, 3.8) is 0 Å². The van der Waals surface area contributed by atoms with Crippen LogP contribution in [0.4, 0.5) is 5.69 Å². The third kappa shape index (κ3) is 6.25. The standard InChI is InChI=1S/C20H20ClN3O5/c1-4-9-29-17-7-5-13(10-18(17)28-3)12-22-24-20(26)19(25)23-14-6-8-16(27-2)15(21)11-14/h4-8,10-12H,1,9H2,2-3H3,(H,23,25)(H,24,26)/b22-12-. The van der Waals surface area contributed by atoms with Gasteiger partial charge in [-0.05, 0) is 42.0 Å². The normalized spacial score (nSPS) is 10.3. The highest BCUT2D eigenvalue weighted by Crippen LogP contribution is 2.28. The third-order valence-electron chi connectivity index (χ3n) is 3.54. The summed E-state index contributed by atoms with van der Waals surface area (Å²) in [6.45, 7) is 3.93. The minimum atomic E-state index is -0.939. The zero-order valence-corrected chi connectivity index (χ0v) is 16.7. The minimum Gasteiger partial charge on any atom is -0.495 e. The average molecular weight is 418 g/mol. The number of hydrazone groups is 1. The van der Waals surface area contributed by atoms with E-state index in [-0.39, 0.29) is 0 Å². The Morgan fingerprint density at radius 3 is 2.45 bits per heavy atom. The Morgan fingerprint density at radius 2 is 1.79 bits per heavy atom. The molecule has 0 aliphatic carbocycles. The number of halogens is 1. The molecule has 2 aromatic carbocycles. The maximum atomic E-state index is 12.0. The van der Waals surface area contributed by atoms with Crippen LogP contribution in [0.3, 0.4) is 0 Å². The first-order valence-electron chi connectivity index (χ1n) is 8.38. The fraction of sp³-hybridized carbons (Fsp3) is 0.150. The number of nitrogens with one attached hydrogen (secondary N) is 2. The van der Waals surface area contributed by atoms with Crippen LogP contribution in [-0.4, -0.2) is 38.9 Å². The third-order valence-corrected chi connectivity index (χ3v) is 3.84. The predicted molar refractivity (Wildman–Crippen MR) is 111 cm³/mol. The largest absolute Gasteiger partial charge is 0.495 e. The van der Waals surface area contributed by atoms with Gasteiger partial charge in [0.25, 0.3) is 0 Å². The predicted octanol–water partition coefficient (Wildman–Crippen LogP) is 3.01. The van der Waals surface area contributed by atoms with E-state index in [1.54, 1.807) is 36.4 Å². The van der Waals surface area contributed by atoms with E-state index in [9.17, 15) is 9.59 Å². The first-order chi connectivity index (χ1) is 14.0. The molecule has 0 aromatic heterocycles. The molecule has 0 saturated heterocycles. The maximum Gasteiger partial charge on any atom is 0.329 e. The number of anilines is 1. The van der Waals surface area contributed by atoms with E-state index in [2.05, 4.69) is 22.4 Å². The van der Waals surface area contributed by atoms with Gasteiger partial charge < -0.3 is 19.5 Å². The molecule has 0 atom stereocenters. The maximum absolute atomic E-state index is 12.0. The molecule has 0 unspecified atom stereocenters. The van der Waals surface area contributed by atoms with Crippen molar-refractivity contribution in [3.05, 3.63) is 59.6 Å². The Labute approximate surface area is 173 Å². The van der Waals surface area contributed by atoms with Gasteiger partial charge >= 0.3 is 11.8 Å². The van der Waals surface area contributed by atoms with Crippen molar-refractivity contribution in [3.8, 4) is 17.2 Å². The molecule has 8 nitrogen and oxygen atoms in total. The van der Waals surface area contributed by atoms with Crippen LogP contribution in [0.25, 0.3) is 0 Å². The summed E-state index contributed by atoms with van der Waals surface area (Å²) in [7, 11) is 2.98. The van der Waals surface area contributed by atoms with Gasteiger partial charge in [-0.1, -0.05) is 24.3 Å². The van der Waals surface area contributed by atoms with Crippen LogP contribution in [0.15, 0.2) is 54.2 Å². The second-order valence-electron chi connectivity index (χ2n) is 5.51. The van der Waals surface area contributed by atoms with Crippen molar-refractivity contribution in [1.29, 1.82) is 0 Å². The van der Waals surface area contributed by atoms with Crippen molar-refractivity contribution in [2.24, 2.45) is 5.10 Å². The first kappa shape index (κ1) is 21.8. The van der Waals surface area contributed by atoms with Crippen LogP contribution in [0.5, 0.6) is 17.2 Å². The van der Waals surface area contributed by atoms with Crippen molar-refractivity contribution in [1.82, 2.24) is 5.43 Å². The molecule has 2 aromatic rings. The number of ether oxygens (including phenoxy) is 3. The Morgan fingerprint density at radius 1 is 1.07 bits per heavy atom. The molecular formula is C20H20ClN3O5. The molecule has 0 heterocycles. The topological polar surface area (TPSA) is 98.2 Å². The van der Waals surface area contributed by atoms with Gasteiger partial charge in [0.2, 0.25) is 0 Å². The molecule has 0 fully saturated rings. The van der Waals surface area contributed by atoms with E-state index in [1.165, 1.54) is 26.5 Å². The smallest absolute Gasteiger partial charge is 0.329 e. The number of amides is 2.